The SMILES string of the molecule is Cc1cccc(NCC(=O)N/N=C/c2ccc(O)c([N+](=O)[O-])c2)c1. The lowest BCUT2D eigenvalue weighted by Crippen LogP contribution is -2.25. The second-order valence-corrected chi connectivity index (χ2v) is 5.02. The lowest BCUT2D eigenvalue weighted by molar-refractivity contribution is -0.385. The van der Waals surface area contributed by atoms with Crippen LogP contribution in [-0.2, 0) is 4.79 Å². The number of aryl methyl sites for hydroxylation is 1. The van der Waals surface area contributed by atoms with E-state index in [4.69, 9.17) is 0 Å². The highest BCUT2D eigenvalue weighted by Crippen LogP contribution is 2.25. The number of nitro groups is 1. The number of phenolic OH excluding ortho intramolecular Hbond substituents is 1. The Bertz CT molecular complexity index is 789. The summed E-state index contributed by atoms with van der Waals surface area (Å²) in [6.07, 6.45) is 1.26. The first-order chi connectivity index (χ1) is 11.5. The molecule has 2 aromatic rings. The first-order valence-corrected chi connectivity index (χ1v) is 7.05. The zero-order chi connectivity index (χ0) is 17.5. The number of hydrogen-bond donors (Lipinski definition) is 3. The van der Waals surface area contributed by atoms with Crippen LogP contribution < -0.4 is 10.7 Å². The van der Waals surface area contributed by atoms with E-state index in [0.29, 0.717) is 5.56 Å². The van der Waals surface area contributed by atoms with Gasteiger partial charge in [-0.1, -0.05) is 12.1 Å². The molecule has 0 saturated heterocycles. The summed E-state index contributed by atoms with van der Waals surface area (Å²) in [6, 6.07) is 11.4. The summed E-state index contributed by atoms with van der Waals surface area (Å²) in [4.78, 5) is 21.7. The van der Waals surface area contributed by atoms with Crippen LogP contribution in [0.2, 0.25) is 0 Å². The summed E-state index contributed by atoms with van der Waals surface area (Å²) in [5.74, 6) is -0.787. The molecule has 0 aromatic heterocycles. The van der Waals surface area contributed by atoms with Crippen LogP contribution in [0.4, 0.5) is 11.4 Å². The predicted molar refractivity (Wildman–Crippen MR) is 90.2 cm³/mol. The van der Waals surface area contributed by atoms with Crippen LogP contribution in [0.1, 0.15) is 11.1 Å². The van der Waals surface area contributed by atoms with E-state index in [9.17, 15) is 20.0 Å². The van der Waals surface area contributed by atoms with Gasteiger partial charge in [0, 0.05) is 17.3 Å². The Balaban J connectivity index is 1.88. The van der Waals surface area contributed by atoms with Crippen LogP contribution in [-0.4, -0.2) is 28.7 Å². The van der Waals surface area contributed by atoms with Crippen molar-refractivity contribution in [3.63, 3.8) is 0 Å². The third-order valence-corrected chi connectivity index (χ3v) is 3.07. The van der Waals surface area contributed by atoms with E-state index in [0.717, 1.165) is 17.3 Å². The second kappa shape index (κ2) is 7.73. The number of hydrogen-bond acceptors (Lipinski definition) is 6. The highest BCUT2D eigenvalue weighted by Gasteiger charge is 2.12. The molecule has 0 aliphatic carbocycles. The zero-order valence-corrected chi connectivity index (χ0v) is 12.9. The monoisotopic (exact) mass is 328 g/mol. The van der Waals surface area contributed by atoms with Gasteiger partial charge in [0.05, 0.1) is 17.7 Å². The maximum absolute atomic E-state index is 11.7. The molecule has 124 valence electrons. The molecule has 2 aromatic carbocycles. The average molecular weight is 328 g/mol. The first kappa shape index (κ1) is 16.9. The van der Waals surface area contributed by atoms with Crippen molar-refractivity contribution in [2.75, 3.05) is 11.9 Å². The molecule has 1 amide bonds. The average Bonchev–Trinajstić information content (AvgIpc) is 2.54. The van der Waals surface area contributed by atoms with Gasteiger partial charge in [-0.25, -0.2) is 5.43 Å². The molecular weight excluding hydrogens is 312 g/mol. The predicted octanol–water partition coefficient (Wildman–Crippen LogP) is 2.17. The van der Waals surface area contributed by atoms with Gasteiger partial charge in [0.1, 0.15) is 0 Å². The molecule has 3 N–H and O–H groups in total. The molecule has 0 radical (unpaired) electrons. The quantitative estimate of drug-likeness (QED) is 0.427. The molecule has 0 saturated carbocycles. The molecule has 0 heterocycles. The third kappa shape index (κ3) is 4.80. The smallest absolute Gasteiger partial charge is 0.311 e. The minimum absolute atomic E-state index is 0.0382. The van der Waals surface area contributed by atoms with Crippen LogP contribution in [0.5, 0.6) is 5.75 Å². The van der Waals surface area contributed by atoms with Crippen LogP contribution in [0.25, 0.3) is 0 Å². The van der Waals surface area contributed by atoms with E-state index in [2.05, 4.69) is 15.8 Å². The van der Waals surface area contributed by atoms with Gasteiger partial charge in [-0.3, -0.25) is 14.9 Å². The minimum Gasteiger partial charge on any atom is -0.502 e. The zero-order valence-electron chi connectivity index (χ0n) is 12.9. The van der Waals surface area contributed by atoms with Gasteiger partial charge in [-0.2, -0.15) is 5.10 Å². The molecular formula is C16H16N4O4. The third-order valence-electron chi connectivity index (χ3n) is 3.07. The van der Waals surface area contributed by atoms with Crippen molar-refractivity contribution in [2.24, 2.45) is 5.10 Å². The van der Waals surface area contributed by atoms with Crippen LogP contribution in [0, 0.1) is 17.0 Å². The van der Waals surface area contributed by atoms with Crippen molar-refractivity contribution in [1.29, 1.82) is 0 Å². The van der Waals surface area contributed by atoms with Crippen molar-refractivity contribution < 1.29 is 14.8 Å². The molecule has 8 nitrogen and oxygen atoms in total. The molecule has 0 aliphatic rings. The number of amides is 1. The Morgan fingerprint density at radius 3 is 2.83 bits per heavy atom. The van der Waals surface area contributed by atoms with E-state index in [-0.39, 0.29) is 12.5 Å². The summed E-state index contributed by atoms with van der Waals surface area (Å²) < 4.78 is 0. The number of rotatable bonds is 6. The van der Waals surface area contributed by atoms with Gasteiger partial charge in [-0.05, 0) is 36.8 Å². The van der Waals surface area contributed by atoms with E-state index < -0.39 is 16.4 Å². The Labute approximate surface area is 138 Å². The number of nitro benzene ring substituents is 1. The summed E-state index contributed by atoms with van der Waals surface area (Å²) in [5, 5.41) is 26.8. The van der Waals surface area contributed by atoms with E-state index in [1.54, 1.807) is 0 Å². The Morgan fingerprint density at radius 1 is 1.33 bits per heavy atom. The number of aromatic hydroxyl groups is 1. The normalized spacial score (nSPS) is 10.5. The van der Waals surface area contributed by atoms with Gasteiger partial charge in [0.2, 0.25) is 0 Å². The van der Waals surface area contributed by atoms with Crippen molar-refractivity contribution in [2.45, 2.75) is 6.92 Å². The molecule has 0 unspecified atom stereocenters. The van der Waals surface area contributed by atoms with Crippen molar-refractivity contribution >= 4 is 23.5 Å². The van der Waals surface area contributed by atoms with Crippen LogP contribution in [0.3, 0.4) is 0 Å². The van der Waals surface area contributed by atoms with Crippen LogP contribution >= 0.6 is 0 Å². The molecule has 0 spiro atoms. The van der Waals surface area contributed by atoms with Gasteiger partial charge in [-0.15, -0.1) is 0 Å². The van der Waals surface area contributed by atoms with E-state index in [1.165, 1.54) is 18.3 Å². The van der Waals surface area contributed by atoms with Crippen molar-refractivity contribution in [3.8, 4) is 5.75 Å². The summed E-state index contributed by atoms with van der Waals surface area (Å²) in [5.41, 5.74) is 4.17. The van der Waals surface area contributed by atoms with E-state index in [1.807, 2.05) is 31.2 Å². The fourth-order valence-corrected chi connectivity index (χ4v) is 1.92. The molecule has 0 atom stereocenters. The number of phenols is 1. The minimum atomic E-state index is -0.697. The summed E-state index contributed by atoms with van der Waals surface area (Å²) in [7, 11) is 0. The van der Waals surface area contributed by atoms with Crippen molar-refractivity contribution in [3.05, 3.63) is 63.7 Å². The van der Waals surface area contributed by atoms with E-state index >= 15 is 0 Å². The number of carbonyl (C=O) groups is 1. The lowest BCUT2D eigenvalue weighted by atomic mass is 10.2. The highest BCUT2D eigenvalue weighted by molar-refractivity contribution is 5.85. The van der Waals surface area contributed by atoms with Gasteiger partial charge in [0.25, 0.3) is 5.91 Å². The summed E-state index contributed by atoms with van der Waals surface area (Å²) >= 11 is 0. The number of hydrazone groups is 1. The topological polar surface area (TPSA) is 117 Å². The van der Waals surface area contributed by atoms with Crippen molar-refractivity contribution in [1.82, 2.24) is 5.43 Å². The number of anilines is 1. The second-order valence-electron chi connectivity index (χ2n) is 5.02. The molecule has 0 bridgehead atoms. The lowest BCUT2D eigenvalue weighted by Gasteiger charge is -2.05. The number of nitrogens with zero attached hydrogens (tertiary/aromatic N) is 2. The molecule has 0 aliphatic heterocycles. The molecule has 8 heteroatoms. The fraction of sp³-hybridized carbons (Fsp3) is 0.125. The highest BCUT2D eigenvalue weighted by atomic mass is 16.6. The Morgan fingerprint density at radius 2 is 2.12 bits per heavy atom. The summed E-state index contributed by atoms with van der Waals surface area (Å²) in [6.45, 7) is 1.99. The van der Waals surface area contributed by atoms with Gasteiger partial charge >= 0.3 is 5.69 Å². The molecule has 2 rings (SSSR count). The standard InChI is InChI=1S/C16H16N4O4/c1-11-3-2-4-13(7-11)17-10-16(22)19-18-9-12-5-6-15(21)14(8-12)20(23)24/h2-9,17,21H,10H2,1H3,(H,19,22)/b18-9+. The maximum Gasteiger partial charge on any atom is 0.311 e. The first-order valence-electron chi connectivity index (χ1n) is 7.05. The van der Waals surface area contributed by atoms with Crippen LogP contribution in [0.15, 0.2) is 47.6 Å². The number of carbonyl (C=O) groups excluding carboxylic acids is 1. The molecule has 24 heavy (non-hydrogen) atoms. The molecule has 0 fully saturated rings. The maximum atomic E-state index is 11.7. The Hall–Kier alpha value is -3.42. The Kier molecular flexibility index (Phi) is 5.45. The number of nitrogens with one attached hydrogen (secondary N) is 2. The van der Waals surface area contributed by atoms with Gasteiger partial charge < -0.3 is 10.4 Å². The largest absolute Gasteiger partial charge is 0.502 e. The van der Waals surface area contributed by atoms with Gasteiger partial charge in [0.15, 0.2) is 5.75 Å². The number of benzene rings is 2. The fourth-order valence-electron chi connectivity index (χ4n) is 1.92.